The molecular formula is C15H17NO3S. The molecule has 1 N–H and O–H groups in total. The van der Waals surface area contributed by atoms with Crippen LogP contribution in [0.2, 0.25) is 0 Å². The molecule has 0 spiro atoms. The van der Waals surface area contributed by atoms with Crippen molar-refractivity contribution < 1.29 is 14.6 Å². The molecular weight excluding hydrogens is 274 g/mol. The summed E-state index contributed by atoms with van der Waals surface area (Å²) < 4.78 is 5.58. The molecule has 5 heteroatoms. The number of benzene rings is 1. The fourth-order valence-electron chi connectivity index (χ4n) is 1.75. The number of carboxylic acids is 1. The molecule has 2 rings (SSSR count). The van der Waals surface area contributed by atoms with Crippen LogP contribution in [-0.2, 0) is 6.42 Å². The Morgan fingerprint density at radius 2 is 2.00 bits per heavy atom. The molecule has 0 saturated carbocycles. The quantitative estimate of drug-likeness (QED) is 0.828. The Kier molecular flexibility index (Phi) is 4.74. The Balaban J connectivity index is 1.77. The number of aromatic carboxylic acids is 1. The molecule has 0 saturated heterocycles. The lowest BCUT2D eigenvalue weighted by atomic mass is 10.2. The molecule has 0 atom stereocenters. The summed E-state index contributed by atoms with van der Waals surface area (Å²) in [5, 5.41) is 9.94. The summed E-state index contributed by atoms with van der Waals surface area (Å²) in [7, 11) is 0. The van der Waals surface area contributed by atoms with E-state index in [0.29, 0.717) is 12.4 Å². The molecule has 1 heterocycles. The van der Waals surface area contributed by atoms with Gasteiger partial charge in [-0.05, 0) is 44.5 Å². The molecule has 0 unspecified atom stereocenters. The molecule has 0 bridgehead atoms. The monoisotopic (exact) mass is 291 g/mol. The zero-order valence-corrected chi connectivity index (χ0v) is 12.4. The highest BCUT2D eigenvalue weighted by atomic mass is 32.1. The van der Waals surface area contributed by atoms with Crippen molar-refractivity contribution in [1.82, 2.24) is 4.98 Å². The third kappa shape index (κ3) is 3.81. The highest BCUT2D eigenvalue weighted by molar-refractivity contribution is 7.11. The SMILES string of the molecule is Cc1nc(CCCOc2ccc(C(=O)O)cc2)sc1C. The van der Waals surface area contributed by atoms with Crippen LogP contribution >= 0.6 is 11.3 Å². The predicted molar refractivity (Wildman–Crippen MR) is 78.8 cm³/mol. The van der Waals surface area contributed by atoms with E-state index in [0.717, 1.165) is 23.5 Å². The molecule has 0 aliphatic heterocycles. The van der Waals surface area contributed by atoms with Crippen LogP contribution in [0.1, 0.15) is 32.4 Å². The van der Waals surface area contributed by atoms with E-state index in [4.69, 9.17) is 9.84 Å². The lowest BCUT2D eigenvalue weighted by molar-refractivity contribution is 0.0697. The van der Waals surface area contributed by atoms with Gasteiger partial charge >= 0.3 is 5.97 Å². The topological polar surface area (TPSA) is 59.4 Å². The van der Waals surface area contributed by atoms with Crippen LogP contribution in [0.4, 0.5) is 0 Å². The van der Waals surface area contributed by atoms with E-state index < -0.39 is 5.97 Å². The summed E-state index contributed by atoms with van der Waals surface area (Å²) in [6, 6.07) is 6.46. The van der Waals surface area contributed by atoms with Crippen molar-refractivity contribution in [3.05, 3.63) is 45.4 Å². The molecule has 106 valence electrons. The number of hydrogen-bond acceptors (Lipinski definition) is 4. The summed E-state index contributed by atoms with van der Waals surface area (Å²) in [5.41, 5.74) is 1.38. The minimum atomic E-state index is -0.925. The van der Waals surface area contributed by atoms with Gasteiger partial charge in [0.1, 0.15) is 5.75 Å². The van der Waals surface area contributed by atoms with Crippen molar-refractivity contribution in [1.29, 1.82) is 0 Å². The zero-order chi connectivity index (χ0) is 14.5. The Bertz CT molecular complexity index is 570. The highest BCUT2D eigenvalue weighted by Crippen LogP contribution is 2.18. The minimum Gasteiger partial charge on any atom is -0.494 e. The largest absolute Gasteiger partial charge is 0.494 e. The van der Waals surface area contributed by atoms with Gasteiger partial charge in [0.25, 0.3) is 0 Å². The number of ether oxygens (including phenoxy) is 1. The lowest BCUT2D eigenvalue weighted by Crippen LogP contribution is -2.00. The molecule has 0 aliphatic carbocycles. The van der Waals surface area contributed by atoms with Gasteiger partial charge in [-0.3, -0.25) is 0 Å². The predicted octanol–water partition coefficient (Wildman–Crippen LogP) is 3.47. The molecule has 2 aromatic rings. The van der Waals surface area contributed by atoms with Crippen molar-refractivity contribution in [2.75, 3.05) is 6.61 Å². The Morgan fingerprint density at radius 3 is 2.55 bits per heavy atom. The molecule has 0 aliphatic rings. The van der Waals surface area contributed by atoms with Gasteiger partial charge in [-0.2, -0.15) is 0 Å². The van der Waals surface area contributed by atoms with Gasteiger partial charge in [0.15, 0.2) is 0 Å². The van der Waals surface area contributed by atoms with Gasteiger partial charge in [-0.15, -0.1) is 11.3 Å². The van der Waals surface area contributed by atoms with Crippen molar-refractivity contribution in [3.8, 4) is 5.75 Å². The average Bonchev–Trinajstić information content (AvgIpc) is 2.74. The Labute approximate surface area is 122 Å². The first-order valence-corrected chi connectivity index (χ1v) is 7.27. The molecule has 1 aromatic carbocycles. The maximum atomic E-state index is 10.7. The molecule has 1 aromatic heterocycles. The Morgan fingerprint density at radius 1 is 1.30 bits per heavy atom. The van der Waals surface area contributed by atoms with Gasteiger partial charge < -0.3 is 9.84 Å². The van der Waals surface area contributed by atoms with Gasteiger partial charge in [-0.25, -0.2) is 9.78 Å². The zero-order valence-electron chi connectivity index (χ0n) is 11.5. The summed E-state index contributed by atoms with van der Waals surface area (Å²) in [4.78, 5) is 16.5. The third-order valence-corrected chi connectivity index (χ3v) is 4.11. The first-order chi connectivity index (χ1) is 9.56. The fourth-order valence-corrected chi connectivity index (χ4v) is 2.73. The molecule has 0 fully saturated rings. The van der Waals surface area contributed by atoms with E-state index in [-0.39, 0.29) is 5.56 Å². The first-order valence-electron chi connectivity index (χ1n) is 6.45. The number of rotatable bonds is 6. The first kappa shape index (κ1) is 14.5. The van der Waals surface area contributed by atoms with Crippen molar-refractivity contribution in [2.45, 2.75) is 26.7 Å². The number of carboxylic acid groups (broad SMARTS) is 1. The number of aromatic nitrogens is 1. The average molecular weight is 291 g/mol. The second-order valence-corrected chi connectivity index (χ2v) is 5.82. The number of thiazole rings is 1. The maximum absolute atomic E-state index is 10.7. The van der Waals surface area contributed by atoms with Gasteiger partial charge in [-0.1, -0.05) is 0 Å². The van der Waals surface area contributed by atoms with Gasteiger partial charge in [0.05, 0.1) is 22.9 Å². The third-order valence-electron chi connectivity index (χ3n) is 2.98. The second-order valence-electron chi connectivity index (χ2n) is 4.53. The molecule has 0 amide bonds. The summed E-state index contributed by atoms with van der Waals surface area (Å²) in [6.45, 7) is 4.71. The second kappa shape index (κ2) is 6.52. The summed E-state index contributed by atoms with van der Waals surface area (Å²) in [6.07, 6.45) is 1.81. The van der Waals surface area contributed by atoms with Crippen LogP contribution in [0, 0.1) is 13.8 Å². The van der Waals surface area contributed by atoms with Crippen molar-refractivity contribution >= 4 is 17.3 Å². The lowest BCUT2D eigenvalue weighted by Gasteiger charge is -2.05. The van der Waals surface area contributed by atoms with Crippen LogP contribution < -0.4 is 4.74 Å². The van der Waals surface area contributed by atoms with Crippen LogP contribution in [0.5, 0.6) is 5.75 Å². The van der Waals surface area contributed by atoms with Gasteiger partial charge in [0.2, 0.25) is 0 Å². The smallest absolute Gasteiger partial charge is 0.335 e. The van der Waals surface area contributed by atoms with Crippen molar-refractivity contribution in [3.63, 3.8) is 0 Å². The Hall–Kier alpha value is -1.88. The minimum absolute atomic E-state index is 0.270. The number of aryl methyl sites for hydroxylation is 3. The van der Waals surface area contributed by atoms with Crippen LogP contribution in [0.3, 0.4) is 0 Å². The highest BCUT2D eigenvalue weighted by Gasteiger charge is 2.04. The summed E-state index contributed by atoms with van der Waals surface area (Å²) in [5.74, 6) is -0.229. The van der Waals surface area contributed by atoms with E-state index in [1.807, 2.05) is 6.92 Å². The molecule has 4 nitrogen and oxygen atoms in total. The van der Waals surface area contributed by atoms with E-state index in [2.05, 4.69) is 11.9 Å². The standard InChI is InChI=1S/C15H17NO3S/c1-10-11(2)20-14(16-10)4-3-9-19-13-7-5-12(6-8-13)15(17)18/h5-8H,3-4,9H2,1-2H3,(H,17,18). The summed E-state index contributed by atoms with van der Waals surface area (Å²) >= 11 is 1.73. The number of carbonyl (C=O) groups is 1. The normalized spacial score (nSPS) is 10.5. The van der Waals surface area contributed by atoms with E-state index in [1.165, 1.54) is 4.88 Å². The maximum Gasteiger partial charge on any atom is 0.335 e. The van der Waals surface area contributed by atoms with Crippen LogP contribution in [0.15, 0.2) is 24.3 Å². The fraction of sp³-hybridized carbons (Fsp3) is 0.333. The van der Waals surface area contributed by atoms with Crippen LogP contribution in [0.25, 0.3) is 0 Å². The van der Waals surface area contributed by atoms with Crippen molar-refractivity contribution in [2.24, 2.45) is 0 Å². The van der Waals surface area contributed by atoms with Crippen LogP contribution in [-0.4, -0.2) is 22.7 Å². The molecule has 20 heavy (non-hydrogen) atoms. The van der Waals surface area contributed by atoms with Gasteiger partial charge in [0, 0.05) is 11.3 Å². The number of nitrogens with zero attached hydrogens (tertiary/aromatic N) is 1. The van der Waals surface area contributed by atoms with E-state index >= 15 is 0 Å². The van der Waals surface area contributed by atoms with E-state index in [1.54, 1.807) is 35.6 Å². The van der Waals surface area contributed by atoms with E-state index in [9.17, 15) is 4.79 Å². The molecule has 0 radical (unpaired) electrons. The number of hydrogen-bond donors (Lipinski definition) is 1.